The lowest BCUT2D eigenvalue weighted by molar-refractivity contribution is 1.18. The number of nitrogens with one attached hydrogen (secondary N) is 1. The Bertz CT molecular complexity index is 4400. The Morgan fingerprint density at radius 2 is 0.586 bits per heavy atom. The van der Waals surface area contributed by atoms with E-state index < -0.39 is 0 Å². The van der Waals surface area contributed by atoms with E-state index in [-0.39, 0.29) is 0 Å². The zero-order valence-electron chi connectivity index (χ0n) is 38.0. The number of nitrogens with zero attached hydrogens (tertiary/aromatic N) is 3. The molecule has 0 fully saturated rings. The van der Waals surface area contributed by atoms with Crippen LogP contribution in [0.4, 0.5) is 0 Å². The van der Waals surface area contributed by atoms with Gasteiger partial charge in [-0.1, -0.05) is 158 Å². The first-order valence-corrected chi connectivity index (χ1v) is 24.1. The molecule has 0 aliphatic heterocycles. The van der Waals surface area contributed by atoms with E-state index in [1.165, 1.54) is 92.9 Å². The van der Waals surface area contributed by atoms with Crippen LogP contribution < -0.4 is 0 Å². The molecule has 0 bridgehead atoms. The van der Waals surface area contributed by atoms with Crippen molar-refractivity contribution in [3.8, 4) is 50.4 Å². The maximum atomic E-state index is 3.95. The summed E-state index contributed by atoms with van der Waals surface area (Å²) in [6.45, 7) is 0. The van der Waals surface area contributed by atoms with Crippen LogP contribution in [0.25, 0.3) is 138 Å². The lowest BCUT2D eigenvalue weighted by Gasteiger charge is -2.13. The van der Waals surface area contributed by atoms with Gasteiger partial charge in [-0.25, -0.2) is 0 Å². The number of para-hydroxylation sites is 6. The molecular formula is C66H42N4. The predicted molar refractivity (Wildman–Crippen MR) is 295 cm³/mol. The second-order valence-corrected chi connectivity index (χ2v) is 18.5. The van der Waals surface area contributed by atoms with Crippen molar-refractivity contribution in [3.05, 3.63) is 249 Å². The van der Waals surface area contributed by atoms with E-state index in [0.29, 0.717) is 0 Å². The molecule has 4 heteroatoms. The first-order valence-electron chi connectivity index (χ1n) is 24.1. The highest BCUT2D eigenvalue weighted by molar-refractivity contribution is 6.19. The first-order chi connectivity index (χ1) is 34.7. The number of aromatic amines is 1. The van der Waals surface area contributed by atoms with Crippen LogP contribution >= 0.6 is 0 Å². The van der Waals surface area contributed by atoms with Gasteiger partial charge in [0, 0.05) is 71.2 Å². The summed E-state index contributed by atoms with van der Waals surface area (Å²) in [6.07, 6.45) is 0. The van der Waals surface area contributed by atoms with Gasteiger partial charge in [-0.15, -0.1) is 0 Å². The maximum absolute atomic E-state index is 3.95. The van der Waals surface area contributed by atoms with Gasteiger partial charge in [-0.05, 0) is 119 Å². The summed E-state index contributed by atoms with van der Waals surface area (Å²) in [5.74, 6) is 0. The minimum Gasteiger partial charge on any atom is -0.354 e. The molecule has 0 aliphatic rings. The molecule has 1 N–H and O–H groups in total. The Balaban J connectivity index is 0.901. The Hall–Kier alpha value is -9.38. The summed E-state index contributed by atoms with van der Waals surface area (Å²) < 4.78 is 7.17. The summed E-state index contributed by atoms with van der Waals surface area (Å²) in [6, 6.07) is 91.1. The monoisotopic (exact) mass is 890 g/mol. The molecule has 0 radical (unpaired) electrons. The molecule has 0 aliphatic carbocycles. The largest absolute Gasteiger partial charge is 0.354 e. The van der Waals surface area contributed by atoms with Crippen molar-refractivity contribution < 1.29 is 0 Å². The van der Waals surface area contributed by atoms with E-state index in [2.05, 4.69) is 267 Å². The van der Waals surface area contributed by atoms with Crippen molar-refractivity contribution in [1.82, 2.24) is 18.7 Å². The Labute approximate surface area is 403 Å². The van der Waals surface area contributed by atoms with Crippen molar-refractivity contribution in [2.24, 2.45) is 0 Å². The van der Waals surface area contributed by atoms with Crippen molar-refractivity contribution in [2.75, 3.05) is 0 Å². The quantitative estimate of drug-likeness (QED) is 0.172. The number of aromatic nitrogens is 4. The van der Waals surface area contributed by atoms with Crippen LogP contribution in [0.15, 0.2) is 249 Å². The Morgan fingerprint density at radius 1 is 0.243 bits per heavy atom. The van der Waals surface area contributed by atoms with Gasteiger partial charge < -0.3 is 18.7 Å². The van der Waals surface area contributed by atoms with Gasteiger partial charge in [0.05, 0.1) is 38.6 Å². The number of H-pyrrole nitrogens is 1. The Kier molecular flexibility index (Phi) is 8.33. The fourth-order valence-corrected chi connectivity index (χ4v) is 11.7. The molecule has 0 amide bonds. The molecule has 4 heterocycles. The van der Waals surface area contributed by atoms with Crippen molar-refractivity contribution in [2.45, 2.75) is 0 Å². The van der Waals surface area contributed by atoms with Crippen LogP contribution in [0, 0.1) is 0 Å². The van der Waals surface area contributed by atoms with E-state index >= 15 is 0 Å². The van der Waals surface area contributed by atoms with Crippen LogP contribution in [0.1, 0.15) is 0 Å². The third kappa shape index (κ3) is 5.71. The molecule has 15 aromatic rings. The molecule has 0 saturated carbocycles. The van der Waals surface area contributed by atoms with Crippen LogP contribution in [0.3, 0.4) is 0 Å². The zero-order valence-corrected chi connectivity index (χ0v) is 38.0. The fraction of sp³-hybridized carbons (Fsp3) is 0. The van der Waals surface area contributed by atoms with Crippen LogP contribution in [-0.4, -0.2) is 18.7 Å². The molecule has 0 atom stereocenters. The number of benzene rings is 11. The molecular weight excluding hydrogens is 849 g/mol. The lowest BCUT2D eigenvalue weighted by Crippen LogP contribution is -1.94. The number of hydrogen-bond acceptors (Lipinski definition) is 0. The van der Waals surface area contributed by atoms with Gasteiger partial charge in [0.15, 0.2) is 0 Å². The van der Waals surface area contributed by atoms with Crippen molar-refractivity contribution in [3.63, 3.8) is 0 Å². The highest BCUT2D eigenvalue weighted by atomic mass is 15.0. The minimum absolute atomic E-state index is 1.11. The van der Waals surface area contributed by atoms with Gasteiger partial charge in [0.2, 0.25) is 0 Å². The van der Waals surface area contributed by atoms with Crippen LogP contribution in [0.2, 0.25) is 0 Å². The van der Waals surface area contributed by atoms with E-state index in [9.17, 15) is 0 Å². The molecule has 0 unspecified atom stereocenters. The average molecular weight is 891 g/mol. The second kappa shape index (κ2) is 15.1. The molecule has 11 aromatic carbocycles. The normalized spacial score (nSPS) is 12.0. The summed E-state index contributed by atoms with van der Waals surface area (Å²) in [4.78, 5) is 3.95. The standard InChI is InChI=1S/C66H42N4/c1-7-22-59-50(14-1)51-15-2-8-23-60(51)68(59)46-34-28-42(29-35-46)45-40-56(44-32-38-48(39-33-44)70-63-26-11-5-18-54(63)55-19-6-12-27-64(55)70)66-57(41-45)65-49(20-13-21-58(65)67-66)43-30-36-47(37-31-43)69-61-24-9-3-16-52(61)53-17-4-10-25-62(53)69/h1-41,67H. The molecule has 0 spiro atoms. The smallest absolute Gasteiger partial charge is 0.0545 e. The average Bonchev–Trinajstić information content (AvgIpc) is 4.18. The van der Waals surface area contributed by atoms with Gasteiger partial charge in [0.25, 0.3) is 0 Å². The lowest BCUT2D eigenvalue weighted by atomic mass is 9.93. The SMILES string of the molecule is c1cc(-c2ccc(-n3c4ccccc4c4ccccc43)cc2)c2c(c1)[nH]c1c(-c3ccc(-n4c5ccccc5c5ccccc54)cc3)cc(-c3ccc(-n4c5ccccc5c5ccccc54)cc3)cc12. The van der Waals surface area contributed by atoms with Gasteiger partial charge in [-0.2, -0.15) is 0 Å². The third-order valence-corrected chi connectivity index (χ3v) is 14.8. The highest BCUT2D eigenvalue weighted by Gasteiger charge is 2.19. The van der Waals surface area contributed by atoms with Crippen molar-refractivity contribution in [1.29, 1.82) is 0 Å². The highest BCUT2D eigenvalue weighted by Crippen LogP contribution is 2.43. The predicted octanol–water partition coefficient (Wildman–Crippen LogP) is 17.6. The Morgan fingerprint density at radius 3 is 0.971 bits per heavy atom. The van der Waals surface area contributed by atoms with E-state index in [1.807, 2.05) is 0 Å². The van der Waals surface area contributed by atoms with Gasteiger partial charge in [0.1, 0.15) is 0 Å². The number of hydrogen-bond donors (Lipinski definition) is 1. The summed E-state index contributed by atoms with van der Waals surface area (Å²) in [5.41, 5.74) is 19.9. The molecule has 4 aromatic heterocycles. The van der Waals surface area contributed by atoms with E-state index in [1.54, 1.807) is 0 Å². The zero-order chi connectivity index (χ0) is 45.9. The first kappa shape index (κ1) is 38.7. The second-order valence-electron chi connectivity index (χ2n) is 18.5. The molecule has 15 rings (SSSR count). The van der Waals surface area contributed by atoms with Crippen molar-refractivity contribution >= 4 is 87.2 Å². The molecule has 70 heavy (non-hydrogen) atoms. The van der Waals surface area contributed by atoms with Gasteiger partial charge >= 0.3 is 0 Å². The van der Waals surface area contributed by atoms with Crippen LogP contribution in [0.5, 0.6) is 0 Å². The third-order valence-electron chi connectivity index (χ3n) is 14.8. The maximum Gasteiger partial charge on any atom is 0.0545 e. The molecule has 0 saturated heterocycles. The number of rotatable bonds is 6. The van der Waals surface area contributed by atoms with Crippen LogP contribution in [-0.2, 0) is 0 Å². The summed E-state index contributed by atoms with van der Waals surface area (Å²) >= 11 is 0. The molecule has 4 nitrogen and oxygen atoms in total. The minimum atomic E-state index is 1.11. The molecule has 326 valence electrons. The number of fused-ring (bicyclic) bond motifs is 12. The fourth-order valence-electron chi connectivity index (χ4n) is 11.7. The van der Waals surface area contributed by atoms with E-state index in [4.69, 9.17) is 0 Å². The summed E-state index contributed by atoms with van der Waals surface area (Å²) in [7, 11) is 0. The van der Waals surface area contributed by atoms with E-state index in [0.717, 1.165) is 44.8 Å². The topological polar surface area (TPSA) is 30.6 Å². The summed E-state index contributed by atoms with van der Waals surface area (Å²) in [5, 5.41) is 9.99. The van der Waals surface area contributed by atoms with Gasteiger partial charge in [-0.3, -0.25) is 0 Å².